The molecule has 0 aliphatic carbocycles. The molecule has 0 atom stereocenters. The number of benzene rings is 2. The van der Waals surface area contributed by atoms with E-state index in [0.717, 1.165) is 4.88 Å². The van der Waals surface area contributed by atoms with Gasteiger partial charge in [0.05, 0.1) is 10.6 Å². The lowest BCUT2D eigenvalue weighted by Crippen LogP contribution is -2.34. The molecule has 0 fully saturated rings. The topological polar surface area (TPSA) is 90.3 Å². The molecule has 0 aliphatic heterocycles. The number of amides is 2. The van der Waals surface area contributed by atoms with Crippen LogP contribution < -0.4 is 5.32 Å². The van der Waals surface area contributed by atoms with Gasteiger partial charge in [-0.05, 0) is 35.7 Å². The third kappa shape index (κ3) is 4.76. The number of carbonyl (C=O) groups is 3. The Morgan fingerprint density at radius 1 is 0.935 bits per heavy atom. The van der Waals surface area contributed by atoms with Gasteiger partial charge >= 0.3 is 5.97 Å². The Bertz CT molecular complexity index is 1200. The van der Waals surface area contributed by atoms with E-state index in [9.17, 15) is 14.4 Å². The number of hydrogen-bond acceptors (Lipinski definition) is 6. The molecule has 2 aromatic heterocycles. The second kappa shape index (κ2) is 9.19. The monoisotopic (exact) mass is 431 g/mol. The number of nitrogens with zero attached hydrogens (tertiary/aromatic N) is 2. The summed E-state index contributed by atoms with van der Waals surface area (Å²) < 4.78 is 6.64. The van der Waals surface area contributed by atoms with Crippen molar-refractivity contribution >= 4 is 29.1 Å². The Balaban J connectivity index is 1.49. The molecule has 0 saturated carbocycles. The molecule has 0 radical (unpaired) electrons. The molecule has 1 N–H and O–H groups in total. The Morgan fingerprint density at radius 3 is 2.32 bits per heavy atom. The van der Waals surface area contributed by atoms with Gasteiger partial charge in [-0.2, -0.15) is 5.10 Å². The van der Waals surface area contributed by atoms with Crippen molar-refractivity contribution in [2.24, 2.45) is 0 Å². The maximum atomic E-state index is 12.7. The van der Waals surface area contributed by atoms with Crippen LogP contribution in [-0.4, -0.2) is 34.2 Å². The summed E-state index contributed by atoms with van der Waals surface area (Å²) in [6.07, 6.45) is 0. The lowest BCUT2D eigenvalue weighted by Gasteiger charge is -2.08. The smallest absolute Gasteiger partial charge is 0.357 e. The van der Waals surface area contributed by atoms with E-state index in [1.54, 1.807) is 36.4 Å². The average Bonchev–Trinajstić information content (AvgIpc) is 3.49. The number of para-hydroxylation sites is 1. The van der Waals surface area contributed by atoms with E-state index in [1.807, 2.05) is 47.8 Å². The highest BCUT2D eigenvalue weighted by molar-refractivity contribution is 7.13. The van der Waals surface area contributed by atoms with E-state index in [2.05, 4.69) is 10.4 Å². The van der Waals surface area contributed by atoms with Crippen molar-refractivity contribution in [1.29, 1.82) is 0 Å². The lowest BCUT2D eigenvalue weighted by atomic mass is 10.2. The highest BCUT2D eigenvalue weighted by Gasteiger charge is 2.21. The molecule has 4 aromatic rings. The third-order valence-electron chi connectivity index (χ3n) is 4.32. The molecular weight excluding hydrogens is 414 g/mol. The molecule has 2 heterocycles. The van der Waals surface area contributed by atoms with Gasteiger partial charge in [0.2, 0.25) is 0 Å². The minimum atomic E-state index is -0.721. The number of ether oxygens (including phenoxy) is 1. The van der Waals surface area contributed by atoms with Gasteiger partial charge in [-0.3, -0.25) is 14.9 Å². The number of nitrogens with one attached hydrogen (secondary N) is 1. The first-order valence-electron chi connectivity index (χ1n) is 9.37. The van der Waals surface area contributed by atoms with Crippen molar-refractivity contribution in [2.45, 2.75) is 0 Å². The summed E-state index contributed by atoms with van der Waals surface area (Å²) in [5.41, 5.74) is 1.82. The highest BCUT2D eigenvalue weighted by Crippen LogP contribution is 2.26. The summed E-state index contributed by atoms with van der Waals surface area (Å²) in [4.78, 5) is 37.8. The first kappa shape index (κ1) is 20.2. The van der Waals surface area contributed by atoms with Gasteiger partial charge in [0.25, 0.3) is 11.8 Å². The molecule has 0 bridgehead atoms. The molecule has 154 valence electrons. The molecule has 7 nitrogen and oxygen atoms in total. The molecule has 0 aliphatic rings. The fourth-order valence-electron chi connectivity index (χ4n) is 2.87. The molecule has 0 unspecified atom stereocenters. The van der Waals surface area contributed by atoms with Crippen molar-refractivity contribution in [2.75, 3.05) is 6.61 Å². The number of carbonyl (C=O) groups excluding carboxylic acids is 3. The first-order valence-corrected chi connectivity index (χ1v) is 10.3. The van der Waals surface area contributed by atoms with E-state index in [1.165, 1.54) is 16.0 Å². The second-order valence-electron chi connectivity index (χ2n) is 6.46. The van der Waals surface area contributed by atoms with Gasteiger partial charge < -0.3 is 4.74 Å². The summed E-state index contributed by atoms with van der Waals surface area (Å²) in [5.74, 6) is -2.00. The Morgan fingerprint density at radius 2 is 1.65 bits per heavy atom. The van der Waals surface area contributed by atoms with Crippen LogP contribution in [0.2, 0.25) is 0 Å². The van der Waals surface area contributed by atoms with Gasteiger partial charge in [0.15, 0.2) is 12.3 Å². The fraction of sp³-hybridized carbons (Fsp3) is 0.0435. The molecule has 8 heteroatoms. The SMILES string of the molecule is O=C(COC(=O)c1cc(-c2cccs2)nn1-c1ccccc1)NC(=O)c1ccccc1. The zero-order chi connectivity index (χ0) is 21.6. The predicted molar refractivity (Wildman–Crippen MR) is 116 cm³/mol. The predicted octanol–water partition coefficient (Wildman–Crippen LogP) is 3.71. The number of thiophene rings is 1. The average molecular weight is 431 g/mol. The minimum Gasteiger partial charge on any atom is -0.451 e. The van der Waals surface area contributed by atoms with Crippen LogP contribution in [0.4, 0.5) is 0 Å². The molecule has 4 rings (SSSR count). The van der Waals surface area contributed by atoms with Crippen molar-refractivity contribution in [3.63, 3.8) is 0 Å². The molecular formula is C23H17N3O4S. The quantitative estimate of drug-likeness (QED) is 0.470. The highest BCUT2D eigenvalue weighted by atomic mass is 32.1. The minimum absolute atomic E-state index is 0.178. The van der Waals surface area contributed by atoms with Crippen LogP contribution in [0.25, 0.3) is 16.3 Å². The summed E-state index contributed by atoms with van der Waals surface area (Å²) in [5, 5.41) is 8.65. The number of hydrogen-bond donors (Lipinski definition) is 1. The maximum absolute atomic E-state index is 12.7. The Kier molecular flexibility index (Phi) is 6.00. The van der Waals surface area contributed by atoms with Gasteiger partial charge in [0, 0.05) is 11.6 Å². The lowest BCUT2D eigenvalue weighted by molar-refractivity contribution is -0.123. The normalized spacial score (nSPS) is 10.5. The van der Waals surface area contributed by atoms with E-state index >= 15 is 0 Å². The summed E-state index contributed by atoms with van der Waals surface area (Å²) in [6.45, 7) is -0.592. The molecule has 2 amide bonds. The maximum Gasteiger partial charge on any atom is 0.357 e. The van der Waals surface area contributed by atoms with Gasteiger partial charge in [-0.15, -0.1) is 11.3 Å². The van der Waals surface area contributed by atoms with Crippen molar-refractivity contribution < 1.29 is 19.1 Å². The van der Waals surface area contributed by atoms with Gasteiger partial charge in [-0.25, -0.2) is 9.48 Å². The summed E-state index contributed by atoms with van der Waals surface area (Å²) in [7, 11) is 0. The van der Waals surface area contributed by atoms with E-state index in [4.69, 9.17) is 4.74 Å². The van der Waals surface area contributed by atoms with Crippen LogP contribution in [-0.2, 0) is 9.53 Å². The van der Waals surface area contributed by atoms with Gasteiger partial charge in [0.1, 0.15) is 5.69 Å². The number of imide groups is 1. The molecule has 2 aromatic carbocycles. The fourth-order valence-corrected chi connectivity index (χ4v) is 3.55. The van der Waals surface area contributed by atoms with Crippen molar-refractivity contribution in [1.82, 2.24) is 15.1 Å². The molecule has 0 saturated heterocycles. The van der Waals surface area contributed by atoms with Crippen molar-refractivity contribution in [3.05, 3.63) is 95.5 Å². The second-order valence-corrected chi connectivity index (χ2v) is 7.41. The molecule has 0 spiro atoms. The van der Waals surface area contributed by atoms with E-state index < -0.39 is 24.4 Å². The zero-order valence-corrected chi connectivity index (χ0v) is 17.0. The largest absolute Gasteiger partial charge is 0.451 e. The number of rotatable bonds is 6. The molecule has 31 heavy (non-hydrogen) atoms. The van der Waals surface area contributed by atoms with E-state index in [-0.39, 0.29) is 5.69 Å². The van der Waals surface area contributed by atoms with Gasteiger partial charge in [-0.1, -0.05) is 42.5 Å². The van der Waals surface area contributed by atoms with Crippen LogP contribution >= 0.6 is 11.3 Å². The Hall–Kier alpha value is -4.04. The van der Waals surface area contributed by atoms with Crippen LogP contribution in [0.3, 0.4) is 0 Å². The van der Waals surface area contributed by atoms with E-state index in [0.29, 0.717) is 16.9 Å². The van der Waals surface area contributed by atoms with Crippen molar-refractivity contribution in [3.8, 4) is 16.3 Å². The van der Waals surface area contributed by atoms with Crippen LogP contribution in [0.15, 0.2) is 84.2 Å². The Labute approximate surface area is 181 Å². The zero-order valence-electron chi connectivity index (χ0n) is 16.2. The van der Waals surface area contributed by atoms with Crippen LogP contribution in [0, 0.1) is 0 Å². The summed E-state index contributed by atoms with van der Waals surface area (Å²) in [6, 6.07) is 22.9. The van der Waals surface area contributed by atoms with Crippen LogP contribution in [0.1, 0.15) is 20.8 Å². The number of esters is 1. The standard InChI is InChI=1S/C23H17N3O4S/c27-21(24-22(28)16-8-3-1-4-9-16)15-30-23(29)19-14-18(20-12-7-13-31-20)25-26(19)17-10-5-2-6-11-17/h1-14H,15H2,(H,24,27,28). The summed E-state index contributed by atoms with van der Waals surface area (Å²) >= 11 is 1.50. The van der Waals surface area contributed by atoms with Crippen LogP contribution in [0.5, 0.6) is 0 Å². The first-order chi connectivity index (χ1) is 15.1. The third-order valence-corrected chi connectivity index (χ3v) is 5.21. The number of aromatic nitrogens is 2.